The van der Waals surface area contributed by atoms with E-state index in [4.69, 9.17) is 10.00 Å². The minimum atomic E-state index is -2.54. The number of hydrogen-bond acceptors (Lipinski definition) is 7. The number of anilines is 1. The molecular weight excluding hydrogens is 390 g/mol. The van der Waals surface area contributed by atoms with Gasteiger partial charge in [-0.2, -0.15) is 10.5 Å². The highest BCUT2D eigenvalue weighted by Crippen LogP contribution is 2.30. The lowest BCUT2D eigenvalue weighted by atomic mass is 9.94. The molecule has 1 aliphatic rings. The number of fused-ring (bicyclic) bond motifs is 1. The first-order valence-electron chi connectivity index (χ1n) is 9.56. The molecule has 0 saturated carbocycles. The Morgan fingerprint density at radius 3 is 2.67 bits per heavy atom. The number of aromatic nitrogens is 2. The van der Waals surface area contributed by atoms with E-state index in [2.05, 4.69) is 32.3 Å². The summed E-state index contributed by atoms with van der Waals surface area (Å²) in [6.45, 7) is 5.03. The Labute approximate surface area is 173 Å². The second-order valence-electron chi connectivity index (χ2n) is 7.06. The van der Waals surface area contributed by atoms with Gasteiger partial charge in [0.2, 0.25) is 5.88 Å². The molecule has 2 aromatic heterocycles. The lowest BCUT2D eigenvalue weighted by molar-refractivity contribution is 0.0795. The molecule has 156 valence electrons. The van der Waals surface area contributed by atoms with Crippen LogP contribution in [0, 0.1) is 36.5 Å². The highest BCUT2D eigenvalue weighted by Gasteiger charge is 2.25. The Morgan fingerprint density at radius 2 is 2.00 bits per heavy atom. The molecule has 9 heteroatoms. The fourth-order valence-electron chi connectivity index (χ4n) is 3.58. The van der Waals surface area contributed by atoms with Crippen LogP contribution in [0.15, 0.2) is 12.1 Å². The van der Waals surface area contributed by atoms with E-state index < -0.39 is 13.0 Å². The Bertz CT molecular complexity index is 1010. The first-order valence-corrected chi connectivity index (χ1v) is 9.56. The summed E-state index contributed by atoms with van der Waals surface area (Å²) < 4.78 is 29.6. The smallest absolute Gasteiger partial charge is 0.272 e. The Hall–Kier alpha value is -3.30. The SMILES string of the molecule is Cc1nc(OCC(F)F)ccc1CN1CCc2c(NCC#N)nc(C)c(C#N)c2C1. The van der Waals surface area contributed by atoms with Gasteiger partial charge in [0, 0.05) is 37.0 Å². The van der Waals surface area contributed by atoms with Crippen LogP contribution in [0.5, 0.6) is 5.88 Å². The first-order chi connectivity index (χ1) is 14.4. The van der Waals surface area contributed by atoms with Gasteiger partial charge in [0.05, 0.1) is 17.3 Å². The van der Waals surface area contributed by atoms with Crippen LogP contribution >= 0.6 is 0 Å². The minimum absolute atomic E-state index is 0.152. The molecule has 0 amide bonds. The van der Waals surface area contributed by atoms with Crippen LogP contribution in [-0.4, -0.2) is 41.0 Å². The molecule has 0 radical (unpaired) electrons. The maximum Gasteiger partial charge on any atom is 0.272 e. The number of nitrogens with one attached hydrogen (secondary N) is 1. The lowest BCUT2D eigenvalue weighted by Gasteiger charge is -2.31. The van der Waals surface area contributed by atoms with Gasteiger partial charge < -0.3 is 10.1 Å². The number of halogens is 2. The van der Waals surface area contributed by atoms with E-state index in [9.17, 15) is 14.0 Å². The zero-order valence-corrected chi connectivity index (χ0v) is 16.9. The van der Waals surface area contributed by atoms with Crippen molar-refractivity contribution in [3.05, 3.63) is 45.8 Å². The van der Waals surface area contributed by atoms with Crippen LogP contribution in [0.3, 0.4) is 0 Å². The number of nitrogens with zero attached hydrogens (tertiary/aromatic N) is 5. The standard InChI is InChI=1S/C21H22F2N6O/c1-13-15(3-4-20(27-13)30-12-19(22)23)10-29-8-5-16-18(11-29)17(9-25)14(2)28-21(16)26-7-6-24/h3-4,19H,5,7-8,10-12H2,1-2H3,(H,26,28). The summed E-state index contributed by atoms with van der Waals surface area (Å²) in [4.78, 5) is 11.0. The van der Waals surface area contributed by atoms with Gasteiger partial charge in [0.15, 0.2) is 6.61 Å². The van der Waals surface area contributed by atoms with Crippen LogP contribution in [0.1, 0.15) is 33.6 Å². The maximum atomic E-state index is 12.3. The summed E-state index contributed by atoms with van der Waals surface area (Å²) in [5.41, 5.74) is 4.80. The van der Waals surface area contributed by atoms with Crippen LogP contribution in [-0.2, 0) is 19.5 Å². The molecule has 0 atom stereocenters. The van der Waals surface area contributed by atoms with Gasteiger partial charge in [-0.15, -0.1) is 0 Å². The molecule has 1 N–H and O–H groups in total. The fraction of sp³-hybridized carbons (Fsp3) is 0.429. The molecule has 3 heterocycles. The van der Waals surface area contributed by atoms with Gasteiger partial charge in [-0.25, -0.2) is 18.7 Å². The number of alkyl halides is 2. The molecule has 30 heavy (non-hydrogen) atoms. The fourth-order valence-corrected chi connectivity index (χ4v) is 3.58. The number of pyridine rings is 2. The second kappa shape index (κ2) is 9.47. The van der Waals surface area contributed by atoms with Crippen molar-refractivity contribution in [2.45, 2.75) is 39.8 Å². The molecule has 3 rings (SSSR count). The molecule has 0 aliphatic carbocycles. The van der Waals surface area contributed by atoms with Gasteiger partial charge in [0.25, 0.3) is 6.43 Å². The Kier molecular flexibility index (Phi) is 6.76. The van der Waals surface area contributed by atoms with Gasteiger partial charge in [0.1, 0.15) is 18.4 Å². The second-order valence-corrected chi connectivity index (χ2v) is 7.06. The van der Waals surface area contributed by atoms with Gasteiger partial charge in [-0.05, 0) is 31.4 Å². The molecule has 0 aromatic carbocycles. The monoisotopic (exact) mass is 412 g/mol. The summed E-state index contributed by atoms with van der Waals surface area (Å²) in [5.74, 6) is 0.850. The minimum Gasteiger partial charge on any atom is -0.472 e. The third kappa shape index (κ3) is 4.81. The average Bonchev–Trinajstić information content (AvgIpc) is 2.72. The molecule has 0 bridgehead atoms. The van der Waals surface area contributed by atoms with E-state index in [-0.39, 0.29) is 12.4 Å². The number of rotatable bonds is 7. The molecule has 2 aromatic rings. The number of ether oxygens (including phenoxy) is 1. The predicted molar refractivity (Wildman–Crippen MR) is 106 cm³/mol. The van der Waals surface area contributed by atoms with Crippen molar-refractivity contribution in [2.24, 2.45) is 0 Å². The van der Waals surface area contributed by atoms with E-state index in [0.29, 0.717) is 36.6 Å². The predicted octanol–water partition coefficient (Wildman–Crippen LogP) is 3.10. The van der Waals surface area contributed by atoms with E-state index in [1.54, 1.807) is 13.0 Å². The van der Waals surface area contributed by atoms with E-state index in [1.807, 2.05) is 13.0 Å². The normalized spacial score (nSPS) is 13.4. The summed E-state index contributed by atoms with van der Waals surface area (Å²) in [5, 5.41) is 21.5. The van der Waals surface area contributed by atoms with Gasteiger partial charge in [-0.3, -0.25) is 4.90 Å². The molecule has 7 nitrogen and oxygen atoms in total. The zero-order chi connectivity index (χ0) is 21.7. The highest BCUT2D eigenvalue weighted by molar-refractivity contribution is 5.58. The van der Waals surface area contributed by atoms with Crippen molar-refractivity contribution in [1.29, 1.82) is 10.5 Å². The van der Waals surface area contributed by atoms with Crippen molar-refractivity contribution < 1.29 is 13.5 Å². The zero-order valence-electron chi connectivity index (χ0n) is 16.9. The first kappa shape index (κ1) is 21.4. The molecule has 0 unspecified atom stereocenters. The van der Waals surface area contributed by atoms with Crippen molar-refractivity contribution in [3.63, 3.8) is 0 Å². The van der Waals surface area contributed by atoms with Gasteiger partial charge in [-0.1, -0.05) is 6.07 Å². The molecule has 0 spiro atoms. The van der Waals surface area contributed by atoms with E-state index >= 15 is 0 Å². The molecular formula is C21H22F2N6O. The highest BCUT2D eigenvalue weighted by atomic mass is 19.3. The molecule has 0 fully saturated rings. The van der Waals surface area contributed by atoms with Gasteiger partial charge >= 0.3 is 0 Å². The van der Waals surface area contributed by atoms with E-state index in [1.165, 1.54) is 0 Å². The summed E-state index contributed by atoms with van der Waals surface area (Å²) in [6.07, 6.45) is -1.84. The Balaban J connectivity index is 1.79. The summed E-state index contributed by atoms with van der Waals surface area (Å²) in [6, 6.07) is 7.75. The molecule has 1 aliphatic heterocycles. The largest absolute Gasteiger partial charge is 0.472 e. The average molecular weight is 412 g/mol. The third-order valence-corrected chi connectivity index (χ3v) is 5.02. The van der Waals surface area contributed by atoms with E-state index in [0.717, 1.165) is 28.9 Å². The van der Waals surface area contributed by atoms with Crippen molar-refractivity contribution in [3.8, 4) is 18.0 Å². The quantitative estimate of drug-likeness (QED) is 0.698. The third-order valence-electron chi connectivity index (χ3n) is 5.02. The number of hydrogen-bond donors (Lipinski definition) is 1. The van der Waals surface area contributed by atoms with Crippen molar-refractivity contribution in [2.75, 3.05) is 25.0 Å². The van der Waals surface area contributed by atoms with Crippen LogP contribution in [0.4, 0.5) is 14.6 Å². The van der Waals surface area contributed by atoms with Crippen molar-refractivity contribution >= 4 is 5.82 Å². The number of aryl methyl sites for hydroxylation is 2. The maximum absolute atomic E-state index is 12.3. The Morgan fingerprint density at radius 1 is 1.20 bits per heavy atom. The molecule has 0 saturated heterocycles. The topological polar surface area (TPSA) is 97.9 Å². The lowest BCUT2D eigenvalue weighted by Crippen LogP contribution is -2.32. The number of nitriles is 2. The van der Waals surface area contributed by atoms with Crippen LogP contribution in [0.25, 0.3) is 0 Å². The summed E-state index contributed by atoms with van der Waals surface area (Å²) in [7, 11) is 0. The van der Waals surface area contributed by atoms with Crippen molar-refractivity contribution in [1.82, 2.24) is 14.9 Å². The van der Waals surface area contributed by atoms with Crippen LogP contribution < -0.4 is 10.1 Å². The summed E-state index contributed by atoms with van der Waals surface area (Å²) >= 11 is 0. The van der Waals surface area contributed by atoms with Crippen LogP contribution in [0.2, 0.25) is 0 Å².